The highest BCUT2D eigenvalue weighted by molar-refractivity contribution is 7.11. The Balaban J connectivity index is 2.11. The van der Waals surface area contributed by atoms with Crippen LogP contribution in [0.2, 0.25) is 0 Å². The first-order valence-electron chi connectivity index (χ1n) is 4.34. The Kier molecular flexibility index (Phi) is 2.57. The number of nitrogens with zero attached hydrogens (tertiary/aromatic N) is 2. The van der Waals surface area contributed by atoms with Crippen molar-refractivity contribution in [3.8, 4) is 0 Å². The maximum absolute atomic E-state index is 11.2. The minimum Gasteiger partial charge on any atom is -0.476 e. The van der Waals surface area contributed by atoms with Crippen molar-refractivity contribution in [3.05, 3.63) is 16.1 Å². The molecule has 0 bridgehead atoms. The highest BCUT2D eigenvalue weighted by Gasteiger charge is 2.29. The number of urea groups is 1. The Bertz CT molecular complexity index is 454. The summed E-state index contributed by atoms with van der Waals surface area (Å²) in [5, 5.41) is 12.5. The van der Waals surface area contributed by atoms with Gasteiger partial charge in [0.15, 0.2) is 0 Å². The molecule has 1 aliphatic rings. The molecule has 0 atom stereocenters. The van der Waals surface area contributed by atoms with Crippen LogP contribution in [0.3, 0.4) is 0 Å². The number of carbonyl (C=O) groups is 3. The van der Waals surface area contributed by atoms with Gasteiger partial charge in [-0.25, -0.2) is 14.6 Å². The number of amides is 3. The van der Waals surface area contributed by atoms with Crippen molar-refractivity contribution in [2.24, 2.45) is 0 Å². The largest absolute Gasteiger partial charge is 0.476 e. The van der Waals surface area contributed by atoms with Crippen molar-refractivity contribution in [2.45, 2.75) is 6.54 Å². The number of aromatic nitrogens is 1. The molecule has 7 nitrogen and oxygen atoms in total. The van der Waals surface area contributed by atoms with Gasteiger partial charge < -0.3 is 10.4 Å². The third kappa shape index (κ3) is 1.87. The van der Waals surface area contributed by atoms with E-state index in [1.807, 2.05) is 0 Å². The van der Waals surface area contributed by atoms with Crippen molar-refractivity contribution in [2.75, 3.05) is 6.54 Å². The zero-order chi connectivity index (χ0) is 11.7. The van der Waals surface area contributed by atoms with E-state index in [9.17, 15) is 14.4 Å². The minimum atomic E-state index is -1.12. The first-order valence-corrected chi connectivity index (χ1v) is 5.22. The van der Waals surface area contributed by atoms with Crippen molar-refractivity contribution in [3.63, 3.8) is 0 Å². The molecule has 2 heterocycles. The molecule has 2 N–H and O–H groups in total. The number of imide groups is 1. The average Bonchev–Trinajstić information content (AvgIpc) is 2.80. The second-order valence-corrected chi connectivity index (χ2v) is 3.95. The Hall–Kier alpha value is -1.96. The van der Waals surface area contributed by atoms with E-state index in [4.69, 9.17) is 5.11 Å². The highest BCUT2D eigenvalue weighted by atomic mass is 32.1. The van der Waals surface area contributed by atoms with Crippen molar-refractivity contribution < 1.29 is 19.5 Å². The fourth-order valence-electron chi connectivity index (χ4n) is 1.26. The van der Waals surface area contributed by atoms with E-state index in [2.05, 4.69) is 10.3 Å². The number of carboxylic acid groups (broad SMARTS) is 1. The summed E-state index contributed by atoms with van der Waals surface area (Å²) in [4.78, 5) is 37.8. The summed E-state index contributed by atoms with van der Waals surface area (Å²) >= 11 is 0.963. The van der Waals surface area contributed by atoms with Crippen LogP contribution in [-0.2, 0) is 11.3 Å². The molecule has 0 aromatic carbocycles. The quantitative estimate of drug-likeness (QED) is 0.719. The van der Waals surface area contributed by atoms with Gasteiger partial charge in [-0.15, -0.1) is 11.3 Å². The highest BCUT2D eigenvalue weighted by Crippen LogP contribution is 2.13. The minimum absolute atomic E-state index is 0.00838. The fourth-order valence-corrected chi connectivity index (χ4v) is 1.90. The third-order valence-electron chi connectivity index (χ3n) is 1.99. The zero-order valence-corrected chi connectivity index (χ0v) is 8.78. The van der Waals surface area contributed by atoms with Crippen LogP contribution in [0.5, 0.6) is 0 Å². The Morgan fingerprint density at radius 2 is 2.38 bits per heavy atom. The third-order valence-corrected chi connectivity index (χ3v) is 2.87. The number of aromatic carboxylic acids is 1. The van der Waals surface area contributed by atoms with Crippen LogP contribution in [0.15, 0.2) is 5.38 Å². The molecule has 1 saturated heterocycles. The Morgan fingerprint density at radius 3 is 2.88 bits per heavy atom. The predicted octanol–water partition coefficient (Wildman–Crippen LogP) is -0.107. The standard InChI is InChI=1S/C8H7N3O4S/c12-5-1-9-8(15)11(5)2-4-3-16-6(10-4)7(13)14/h3H,1-2H2,(H,9,15)(H,13,14). The summed E-state index contributed by atoms with van der Waals surface area (Å²) in [6.45, 7) is -0.0107. The maximum atomic E-state index is 11.2. The normalized spacial score (nSPS) is 15.4. The van der Waals surface area contributed by atoms with Crippen LogP contribution in [0, 0.1) is 0 Å². The molecule has 1 aromatic heterocycles. The van der Waals surface area contributed by atoms with Crippen LogP contribution >= 0.6 is 11.3 Å². The Morgan fingerprint density at radius 1 is 1.62 bits per heavy atom. The van der Waals surface area contributed by atoms with E-state index in [0.29, 0.717) is 5.69 Å². The van der Waals surface area contributed by atoms with Crippen LogP contribution in [0.1, 0.15) is 15.5 Å². The van der Waals surface area contributed by atoms with Gasteiger partial charge in [0.25, 0.3) is 0 Å². The predicted molar refractivity (Wildman–Crippen MR) is 53.0 cm³/mol. The molecule has 0 aliphatic carbocycles. The van der Waals surface area contributed by atoms with Gasteiger partial charge >= 0.3 is 12.0 Å². The monoisotopic (exact) mass is 241 g/mol. The molecule has 0 spiro atoms. The lowest BCUT2D eigenvalue weighted by molar-refractivity contribution is -0.125. The van der Waals surface area contributed by atoms with Crippen molar-refractivity contribution in [1.29, 1.82) is 0 Å². The second-order valence-electron chi connectivity index (χ2n) is 3.09. The van der Waals surface area contributed by atoms with Gasteiger partial charge in [-0.1, -0.05) is 0 Å². The van der Waals surface area contributed by atoms with E-state index < -0.39 is 12.0 Å². The summed E-state index contributed by atoms with van der Waals surface area (Å²) in [5.41, 5.74) is 0.396. The molecular formula is C8H7N3O4S. The number of rotatable bonds is 3. The molecule has 0 saturated carbocycles. The van der Waals surface area contributed by atoms with Crippen LogP contribution in [0.4, 0.5) is 4.79 Å². The molecule has 1 fully saturated rings. The zero-order valence-electron chi connectivity index (χ0n) is 7.97. The number of nitrogens with one attached hydrogen (secondary N) is 1. The van der Waals surface area contributed by atoms with E-state index >= 15 is 0 Å². The molecule has 1 aliphatic heterocycles. The summed E-state index contributed by atoms with van der Waals surface area (Å²) in [5.74, 6) is -1.46. The first kappa shape index (κ1) is 10.6. The number of hydrogen-bond acceptors (Lipinski definition) is 5. The molecule has 8 heteroatoms. The number of hydrogen-bond donors (Lipinski definition) is 2. The van der Waals surface area contributed by atoms with Crippen molar-refractivity contribution >= 4 is 29.2 Å². The topological polar surface area (TPSA) is 99.6 Å². The lowest BCUT2D eigenvalue weighted by Crippen LogP contribution is -2.30. The lowest BCUT2D eigenvalue weighted by Gasteiger charge is -2.09. The van der Waals surface area contributed by atoms with Gasteiger partial charge in [0.05, 0.1) is 18.8 Å². The van der Waals surface area contributed by atoms with Gasteiger partial charge in [-0.3, -0.25) is 9.69 Å². The number of carbonyl (C=O) groups excluding carboxylic acids is 2. The summed E-state index contributed by atoms with van der Waals surface area (Å²) in [6.07, 6.45) is 0. The number of thiazole rings is 1. The lowest BCUT2D eigenvalue weighted by atomic mass is 10.4. The smallest absolute Gasteiger partial charge is 0.365 e. The fraction of sp³-hybridized carbons (Fsp3) is 0.250. The molecule has 2 rings (SSSR count). The van der Waals surface area contributed by atoms with Crippen molar-refractivity contribution in [1.82, 2.24) is 15.2 Å². The molecule has 0 radical (unpaired) electrons. The summed E-state index contributed by atoms with van der Waals surface area (Å²) in [7, 11) is 0. The van der Waals surface area contributed by atoms with Crippen LogP contribution < -0.4 is 5.32 Å². The maximum Gasteiger partial charge on any atom is 0.365 e. The second kappa shape index (κ2) is 3.89. The van der Waals surface area contributed by atoms with Gasteiger partial charge in [-0.05, 0) is 0 Å². The van der Waals surface area contributed by atoms with Gasteiger partial charge in [0, 0.05) is 5.38 Å². The van der Waals surface area contributed by atoms with Gasteiger partial charge in [0.1, 0.15) is 0 Å². The average molecular weight is 241 g/mol. The molecule has 16 heavy (non-hydrogen) atoms. The molecule has 0 unspecified atom stereocenters. The summed E-state index contributed by atoms with van der Waals surface area (Å²) in [6, 6.07) is -0.477. The van der Waals surface area contributed by atoms with Crippen LogP contribution in [0.25, 0.3) is 0 Å². The van der Waals surface area contributed by atoms with Gasteiger partial charge in [-0.2, -0.15) is 0 Å². The van der Waals surface area contributed by atoms with E-state index in [0.717, 1.165) is 16.2 Å². The molecule has 1 aromatic rings. The molecule has 3 amide bonds. The molecular weight excluding hydrogens is 234 g/mol. The SMILES string of the molecule is O=C(O)c1nc(CN2C(=O)CNC2=O)cs1. The Labute approximate surface area is 93.7 Å². The first-order chi connectivity index (χ1) is 7.58. The summed E-state index contributed by atoms with van der Waals surface area (Å²) < 4.78 is 0. The molecule has 84 valence electrons. The van der Waals surface area contributed by atoms with Gasteiger partial charge in [0.2, 0.25) is 10.9 Å². The van der Waals surface area contributed by atoms with Crippen LogP contribution in [-0.4, -0.2) is 39.4 Å². The van der Waals surface area contributed by atoms with E-state index in [-0.39, 0.29) is 24.0 Å². The van der Waals surface area contributed by atoms with E-state index in [1.165, 1.54) is 5.38 Å². The van der Waals surface area contributed by atoms with E-state index in [1.54, 1.807) is 0 Å². The number of carboxylic acids is 1.